The van der Waals surface area contributed by atoms with E-state index in [9.17, 15) is 0 Å². The smallest absolute Gasteiger partial charge is 0 e. The molecule has 0 saturated carbocycles. The van der Waals surface area contributed by atoms with Crippen molar-refractivity contribution in [2.75, 3.05) is 0 Å². The molecule has 0 spiro atoms. The third-order valence-electron chi connectivity index (χ3n) is 0. The van der Waals surface area contributed by atoms with Crippen LogP contribution in [0.3, 0.4) is 0 Å². The van der Waals surface area contributed by atoms with Gasteiger partial charge in [0.2, 0.25) is 0 Å². The van der Waals surface area contributed by atoms with Gasteiger partial charge in [0.05, 0.1) is 0 Å². The Morgan fingerprint density at radius 2 is 1.00 bits per heavy atom. The summed E-state index contributed by atoms with van der Waals surface area (Å²) in [5, 5.41) is 21.5. The molecule has 28 valence electrons. The fraction of sp³-hybridized carbons (Fsp3) is 0. The largest absolute Gasteiger partial charge is 0 e. The van der Waals surface area contributed by atoms with Gasteiger partial charge >= 0.3 is 58.7 Å². The van der Waals surface area contributed by atoms with E-state index in [1.165, 1.54) is 0 Å². The minimum Gasteiger partial charge on any atom is 0 e. The molecule has 0 fully saturated rings. The van der Waals surface area contributed by atoms with E-state index in [4.69, 9.17) is 15.1 Å². The maximum atomic E-state index is 7.17. The van der Waals surface area contributed by atoms with E-state index in [1.54, 1.807) is 0 Å². The van der Waals surface area contributed by atoms with Crippen molar-refractivity contribution in [2.24, 2.45) is 0 Å². The molecule has 0 rings (SSSR count). The Labute approximate surface area is 91.5 Å². The van der Waals surface area contributed by atoms with Crippen LogP contribution in [0.15, 0.2) is 0 Å². The van der Waals surface area contributed by atoms with Crippen molar-refractivity contribution in [3.63, 3.8) is 0 Å². The summed E-state index contributed by atoms with van der Waals surface area (Å²) in [6.07, 6.45) is 0. The summed E-state index contributed by atoms with van der Waals surface area (Å²) in [7, 11) is -2.17. The molecule has 0 heterocycles. The summed E-state index contributed by atoms with van der Waals surface area (Å²) >= 11 is 0. The summed E-state index contributed by atoms with van der Waals surface area (Å²) in [5.41, 5.74) is 0. The molecule has 0 aromatic rings. The third-order valence-corrected chi connectivity index (χ3v) is 0. The average Bonchev–Trinajstić information content (AvgIpc) is 0.811. The molecule has 3 nitrogen and oxygen atoms in total. The van der Waals surface area contributed by atoms with E-state index in [0.717, 1.165) is 0 Å². The number of hydrogen-bond acceptors (Lipinski definition) is 3. The zero-order chi connectivity index (χ0) is 3.58. The van der Waals surface area contributed by atoms with Crippen LogP contribution in [-0.2, 0) is 19.5 Å². The first kappa shape index (κ1) is 15.7. The Bertz CT molecular complexity index is 15.5. The maximum absolute atomic E-state index is 7.17. The molecule has 0 aliphatic heterocycles. The first-order chi connectivity index (χ1) is 1.73. The van der Waals surface area contributed by atoms with Gasteiger partial charge in [-0.3, -0.25) is 0 Å². The first-order valence-corrected chi connectivity index (χ1v) is 0.775. The second kappa shape index (κ2) is 10.2. The fourth-order valence-electron chi connectivity index (χ4n) is 0. The van der Waals surface area contributed by atoms with Crippen LogP contribution in [0.2, 0.25) is 0 Å². The molecule has 0 aliphatic carbocycles. The van der Waals surface area contributed by atoms with Crippen LogP contribution in [0.25, 0.3) is 0 Å². The van der Waals surface area contributed by atoms with Crippen LogP contribution in [0.1, 0.15) is 0 Å². The molecular weight excluding hydrogens is 163 g/mol. The Kier molecular flexibility index (Phi) is 26.8. The van der Waals surface area contributed by atoms with Crippen molar-refractivity contribution in [1.82, 2.24) is 0 Å². The molecule has 0 amide bonds. The Hall–Kier alpha value is 2.20. The molecule has 6 heavy (non-hydrogen) atoms. The topological polar surface area (TPSA) is 60.7 Å². The molecule has 0 aromatic heterocycles. The van der Waals surface area contributed by atoms with Gasteiger partial charge in [-0.15, -0.1) is 0 Å². The third kappa shape index (κ3) is 34.6. The quantitative estimate of drug-likeness (QED) is 0.344. The molecule has 0 radical (unpaired) electrons. The van der Waals surface area contributed by atoms with Crippen molar-refractivity contribution in [2.45, 2.75) is 0 Å². The summed E-state index contributed by atoms with van der Waals surface area (Å²) in [5.74, 6) is 0. The van der Waals surface area contributed by atoms with Gasteiger partial charge in [0, 0.05) is 19.5 Å². The number of hydrogen-bond donors (Lipinski definition) is 3. The predicted octanol–water partition coefficient (Wildman–Crippen LogP) is -2.70. The molecular formula is H4BKO3Zn. The SMILES string of the molecule is OB(O)O.[KH].[Zn]. The van der Waals surface area contributed by atoms with Crippen molar-refractivity contribution in [3.05, 3.63) is 0 Å². The molecule has 0 saturated heterocycles. The zero-order valence-electron chi connectivity index (χ0n) is 2.63. The van der Waals surface area contributed by atoms with E-state index >= 15 is 0 Å². The van der Waals surface area contributed by atoms with Crippen molar-refractivity contribution in [3.8, 4) is 0 Å². The van der Waals surface area contributed by atoms with Crippen LogP contribution >= 0.6 is 0 Å². The van der Waals surface area contributed by atoms with Gasteiger partial charge in [-0.25, -0.2) is 0 Å². The summed E-state index contributed by atoms with van der Waals surface area (Å²) in [6, 6.07) is 0. The van der Waals surface area contributed by atoms with E-state index in [1.807, 2.05) is 0 Å². The second-order valence-electron chi connectivity index (χ2n) is 0.346. The van der Waals surface area contributed by atoms with Gasteiger partial charge < -0.3 is 15.1 Å². The van der Waals surface area contributed by atoms with Crippen LogP contribution in [0.5, 0.6) is 0 Å². The van der Waals surface area contributed by atoms with Gasteiger partial charge in [0.15, 0.2) is 0 Å². The summed E-state index contributed by atoms with van der Waals surface area (Å²) in [4.78, 5) is 0. The van der Waals surface area contributed by atoms with Crippen LogP contribution in [-0.4, -0.2) is 73.8 Å². The van der Waals surface area contributed by atoms with Gasteiger partial charge in [-0.05, 0) is 0 Å². The minimum atomic E-state index is -2.17. The summed E-state index contributed by atoms with van der Waals surface area (Å²) < 4.78 is 0. The number of rotatable bonds is 0. The van der Waals surface area contributed by atoms with Gasteiger partial charge in [-0.1, -0.05) is 0 Å². The van der Waals surface area contributed by atoms with Crippen molar-refractivity contribution >= 4 is 58.7 Å². The standard InChI is InChI=1S/BH3O3.K.Zn.H/c2-1(3)4;;;/h2-4H;;;. The van der Waals surface area contributed by atoms with Crippen LogP contribution < -0.4 is 0 Å². The first-order valence-electron chi connectivity index (χ1n) is 0.775. The normalized spacial score (nSPS) is 4.50. The summed E-state index contributed by atoms with van der Waals surface area (Å²) in [6.45, 7) is 0. The Morgan fingerprint density at radius 1 is 1.00 bits per heavy atom. The maximum Gasteiger partial charge on any atom is 0 e. The average molecular weight is 167 g/mol. The Morgan fingerprint density at radius 3 is 1.00 bits per heavy atom. The van der Waals surface area contributed by atoms with Crippen LogP contribution in [0, 0.1) is 0 Å². The van der Waals surface area contributed by atoms with Crippen molar-refractivity contribution in [1.29, 1.82) is 0 Å². The van der Waals surface area contributed by atoms with E-state index in [0.29, 0.717) is 0 Å². The van der Waals surface area contributed by atoms with Gasteiger partial charge in [0.25, 0.3) is 0 Å². The van der Waals surface area contributed by atoms with E-state index in [-0.39, 0.29) is 70.9 Å². The monoisotopic (exact) mass is 166 g/mol. The molecule has 0 aliphatic rings. The van der Waals surface area contributed by atoms with Crippen molar-refractivity contribution < 1.29 is 34.6 Å². The molecule has 0 unspecified atom stereocenters. The Balaban J connectivity index is -0.0000000450. The molecule has 6 heteroatoms. The van der Waals surface area contributed by atoms with E-state index in [2.05, 4.69) is 0 Å². The minimum absolute atomic E-state index is 0. The zero-order valence-corrected chi connectivity index (χ0v) is 5.59. The predicted molar refractivity (Wildman–Crippen MR) is 19.6 cm³/mol. The van der Waals surface area contributed by atoms with Crippen LogP contribution in [0.4, 0.5) is 0 Å². The molecule has 0 atom stereocenters. The van der Waals surface area contributed by atoms with E-state index < -0.39 is 7.32 Å². The molecule has 0 aromatic carbocycles. The van der Waals surface area contributed by atoms with Gasteiger partial charge in [0.1, 0.15) is 0 Å². The second-order valence-corrected chi connectivity index (χ2v) is 0.346. The van der Waals surface area contributed by atoms with Gasteiger partial charge in [-0.2, -0.15) is 0 Å². The molecule has 3 N–H and O–H groups in total. The fourth-order valence-corrected chi connectivity index (χ4v) is 0. The molecule has 0 bridgehead atoms.